The number of H-pyrrole nitrogens is 1. The topological polar surface area (TPSA) is 74.3 Å². The first-order valence-electron chi connectivity index (χ1n) is 8.37. The van der Waals surface area contributed by atoms with E-state index in [0.717, 1.165) is 48.9 Å². The van der Waals surface area contributed by atoms with Crippen LogP contribution in [0.5, 0.6) is 5.75 Å². The van der Waals surface area contributed by atoms with Crippen molar-refractivity contribution in [3.63, 3.8) is 0 Å². The molecule has 1 aromatic heterocycles. The van der Waals surface area contributed by atoms with E-state index in [-0.39, 0.29) is 0 Å². The second-order valence-corrected chi connectivity index (χ2v) is 5.60. The first-order valence-corrected chi connectivity index (χ1v) is 8.37. The van der Waals surface area contributed by atoms with Crippen LogP contribution in [0.3, 0.4) is 0 Å². The van der Waals surface area contributed by atoms with Gasteiger partial charge in [-0.3, -0.25) is 5.10 Å². The predicted molar refractivity (Wildman–Crippen MR) is 97.5 cm³/mol. The quantitative estimate of drug-likeness (QED) is 0.395. The van der Waals surface area contributed by atoms with Crippen molar-refractivity contribution in [3.05, 3.63) is 47.3 Å². The highest BCUT2D eigenvalue weighted by Gasteiger charge is 2.02. The molecule has 6 heteroatoms. The van der Waals surface area contributed by atoms with Crippen LogP contribution in [0.1, 0.15) is 30.2 Å². The van der Waals surface area contributed by atoms with Gasteiger partial charge in [0.25, 0.3) is 0 Å². The Labute approximate surface area is 143 Å². The van der Waals surface area contributed by atoms with Crippen molar-refractivity contribution < 1.29 is 4.74 Å². The van der Waals surface area contributed by atoms with Crippen LogP contribution in [0, 0.1) is 6.92 Å². The number of methoxy groups -OCH3 is 1. The van der Waals surface area contributed by atoms with Crippen molar-refractivity contribution in [1.82, 2.24) is 20.8 Å². The zero-order valence-corrected chi connectivity index (χ0v) is 14.7. The summed E-state index contributed by atoms with van der Waals surface area (Å²) >= 11 is 0. The first-order chi connectivity index (χ1) is 11.7. The Kier molecular flexibility index (Phi) is 7.14. The van der Waals surface area contributed by atoms with E-state index in [1.54, 1.807) is 7.11 Å². The molecule has 0 spiro atoms. The minimum atomic E-state index is 0.618. The number of nitrogens with one attached hydrogen (secondary N) is 3. The molecule has 0 aliphatic carbocycles. The smallest absolute Gasteiger partial charge is 0.191 e. The second kappa shape index (κ2) is 9.60. The summed E-state index contributed by atoms with van der Waals surface area (Å²) in [5, 5.41) is 13.7. The van der Waals surface area contributed by atoms with Gasteiger partial charge in [0.05, 0.1) is 19.9 Å². The third kappa shape index (κ3) is 5.61. The van der Waals surface area contributed by atoms with E-state index >= 15 is 0 Å². The molecule has 2 rings (SSSR count). The summed E-state index contributed by atoms with van der Waals surface area (Å²) in [6.07, 6.45) is 3.94. The predicted octanol–water partition coefficient (Wildman–Crippen LogP) is 2.41. The van der Waals surface area contributed by atoms with Crippen molar-refractivity contribution in [2.75, 3.05) is 20.2 Å². The van der Waals surface area contributed by atoms with Crippen LogP contribution in [0.2, 0.25) is 0 Å². The molecule has 0 radical (unpaired) electrons. The van der Waals surface area contributed by atoms with Crippen molar-refractivity contribution in [3.8, 4) is 5.75 Å². The average Bonchev–Trinajstić information content (AvgIpc) is 3.01. The fourth-order valence-electron chi connectivity index (χ4n) is 2.40. The number of hydrogen-bond donors (Lipinski definition) is 3. The first kappa shape index (κ1) is 17.8. The Hall–Kier alpha value is -2.50. The summed E-state index contributed by atoms with van der Waals surface area (Å²) in [7, 11) is 1.68. The Morgan fingerprint density at radius 3 is 2.92 bits per heavy atom. The Morgan fingerprint density at radius 1 is 1.33 bits per heavy atom. The number of aliphatic imine (C=N–C) groups is 1. The molecule has 3 N–H and O–H groups in total. The molecule has 6 nitrogen and oxygen atoms in total. The summed E-state index contributed by atoms with van der Waals surface area (Å²) < 4.78 is 5.25. The minimum absolute atomic E-state index is 0.618. The van der Waals surface area contributed by atoms with Gasteiger partial charge in [0, 0.05) is 18.8 Å². The molecule has 1 aromatic carbocycles. The van der Waals surface area contributed by atoms with Crippen LogP contribution in [0.4, 0.5) is 0 Å². The molecular weight excluding hydrogens is 302 g/mol. The van der Waals surface area contributed by atoms with Crippen LogP contribution in [0.25, 0.3) is 0 Å². The van der Waals surface area contributed by atoms with E-state index in [1.165, 1.54) is 5.56 Å². The van der Waals surface area contributed by atoms with Gasteiger partial charge < -0.3 is 15.4 Å². The summed E-state index contributed by atoms with van der Waals surface area (Å²) in [4.78, 5) is 4.63. The van der Waals surface area contributed by atoms with Crippen molar-refractivity contribution >= 4 is 5.96 Å². The van der Waals surface area contributed by atoms with Crippen LogP contribution in [0.15, 0.2) is 35.5 Å². The zero-order valence-electron chi connectivity index (χ0n) is 14.7. The van der Waals surface area contributed by atoms with E-state index in [0.29, 0.717) is 6.54 Å². The lowest BCUT2D eigenvalue weighted by Gasteiger charge is -2.11. The molecule has 24 heavy (non-hydrogen) atoms. The molecule has 2 aromatic rings. The summed E-state index contributed by atoms with van der Waals surface area (Å²) in [6.45, 7) is 6.44. The zero-order chi connectivity index (χ0) is 17.2. The molecule has 1 heterocycles. The lowest BCUT2D eigenvalue weighted by atomic mass is 10.1. The van der Waals surface area contributed by atoms with Gasteiger partial charge in [-0.1, -0.05) is 12.1 Å². The molecule has 0 amide bonds. The van der Waals surface area contributed by atoms with Gasteiger partial charge in [-0.25, -0.2) is 4.99 Å². The molecule has 0 unspecified atom stereocenters. The fourth-order valence-corrected chi connectivity index (χ4v) is 2.40. The average molecular weight is 329 g/mol. The van der Waals surface area contributed by atoms with Gasteiger partial charge >= 0.3 is 0 Å². The molecular formula is C18H27N5O. The maximum Gasteiger partial charge on any atom is 0.191 e. The second-order valence-electron chi connectivity index (χ2n) is 5.60. The van der Waals surface area contributed by atoms with Gasteiger partial charge in [0.15, 0.2) is 5.96 Å². The van der Waals surface area contributed by atoms with Gasteiger partial charge in [-0.15, -0.1) is 0 Å². The number of aryl methyl sites for hydroxylation is 2. The normalized spacial score (nSPS) is 11.4. The highest BCUT2D eigenvalue weighted by molar-refractivity contribution is 5.79. The number of aromatic nitrogens is 2. The molecule has 0 atom stereocenters. The van der Waals surface area contributed by atoms with Crippen LogP contribution < -0.4 is 15.4 Å². The third-order valence-corrected chi connectivity index (χ3v) is 3.75. The van der Waals surface area contributed by atoms with E-state index in [2.05, 4.69) is 45.7 Å². The standard InChI is InChI=1S/C18H27N5O/c1-4-19-18(20-10-6-8-16-13-22-23-14(16)2)21-12-15-7-5-9-17(11-15)24-3/h5,7,9,11,13H,4,6,8,10,12H2,1-3H3,(H,22,23)(H2,19,20,21). The Bertz CT molecular complexity index is 650. The van der Waals surface area contributed by atoms with E-state index < -0.39 is 0 Å². The molecule has 130 valence electrons. The van der Waals surface area contributed by atoms with E-state index in [4.69, 9.17) is 4.74 Å². The molecule has 0 bridgehead atoms. The van der Waals surface area contributed by atoms with Crippen LogP contribution in [-0.2, 0) is 13.0 Å². The lowest BCUT2D eigenvalue weighted by molar-refractivity contribution is 0.414. The number of aromatic amines is 1. The maximum atomic E-state index is 5.25. The van der Waals surface area contributed by atoms with E-state index in [9.17, 15) is 0 Å². The van der Waals surface area contributed by atoms with Crippen molar-refractivity contribution in [1.29, 1.82) is 0 Å². The van der Waals surface area contributed by atoms with Crippen LogP contribution >= 0.6 is 0 Å². The molecule has 0 aliphatic rings. The fraction of sp³-hybridized carbons (Fsp3) is 0.444. The number of benzene rings is 1. The molecule has 0 saturated carbocycles. The Morgan fingerprint density at radius 2 is 2.21 bits per heavy atom. The monoisotopic (exact) mass is 329 g/mol. The van der Waals surface area contributed by atoms with Gasteiger partial charge in [0.1, 0.15) is 5.75 Å². The SMILES string of the molecule is CCNC(=NCc1cccc(OC)c1)NCCCc1cn[nH]c1C. The Balaban J connectivity index is 1.82. The van der Waals surface area contributed by atoms with Crippen molar-refractivity contribution in [2.45, 2.75) is 33.2 Å². The number of ether oxygens (including phenoxy) is 1. The lowest BCUT2D eigenvalue weighted by Crippen LogP contribution is -2.37. The third-order valence-electron chi connectivity index (χ3n) is 3.75. The molecule has 0 aliphatic heterocycles. The highest BCUT2D eigenvalue weighted by Crippen LogP contribution is 2.13. The maximum absolute atomic E-state index is 5.25. The highest BCUT2D eigenvalue weighted by atomic mass is 16.5. The summed E-state index contributed by atoms with van der Waals surface area (Å²) in [6, 6.07) is 7.98. The largest absolute Gasteiger partial charge is 0.497 e. The summed E-state index contributed by atoms with van der Waals surface area (Å²) in [5.74, 6) is 1.69. The molecule has 0 fully saturated rings. The van der Waals surface area contributed by atoms with Crippen molar-refractivity contribution in [2.24, 2.45) is 4.99 Å². The minimum Gasteiger partial charge on any atom is -0.497 e. The number of rotatable bonds is 8. The number of guanidine groups is 1. The number of nitrogens with zero attached hydrogens (tertiary/aromatic N) is 2. The van der Waals surface area contributed by atoms with Crippen LogP contribution in [-0.4, -0.2) is 36.4 Å². The molecule has 0 saturated heterocycles. The van der Waals surface area contributed by atoms with Gasteiger partial charge in [0.2, 0.25) is 0 Å². The number of hydrogen-bond acceptors (Lipinski definition) is 3. The van der Waals surface area contributed by atoms with Gasteiger partial charge in [-0.05, 0) is 49.9 Å². The van der Waals surface area contributed by atoms with E-state index in [1.807, 2.05) is 24.4 Å². The van der Waals surface area contributed by atoms with Gasteiger partial charge in [-0.2, -0.15) is 5.10 Å². The summed E-state index contributed by atoms with van der Waals surface area (Å²) in [5.41, 5.74) is 3.55.